The number of hydrogen-bond donors (Lipinski definition) is 0. The summed E-state index contributed by atoms with van der Waals surface area (Å²) in [5.41, 5.74) is 0. The van der Waals surface area contributed by atoms with Gasteiger partial charge in [0.15, 0.2) is 0 Å². The summed E-state index contributed by atoms with van der Waals surface area (Å²) in [5, 5.41) is 0. The lowest BCUT2D eigenvalue weighted by atomic mass is 12.0. The highest BCUT2D eigenvalue weighted by atomic mass is 32.1. The fourth-order valence-electron chi connectivity index (χ4n) is 0. The Hall–Kier alpha value is 1.47. The fraction of sp³-hybridized carbons (Fsp3) is 1.00. The molecule has 0 aromatic heterocycles. The molecule has 0 rings (SSSR count). The van der Waals surface area contributed by atoms with Gasteiger partial charge in [-0.25, -0.2) is 0 Å². The molecule has 0 saturated carbocycles. The van der Waals surface area contributed by atoms with Crippen molar-refractivity contribution in [1.29, 1.82) is 0 Å². The molecule has 0 heterocycles. The summed E-state index contributed by atoms with van der Waals surface area (Å²) in [4.78, 5) is 0. The predicted molar refractivity (Wildman–Crippen MR) is 36.0 cm³/mol. The summed E-state index contributed by atoms with van der Waals surface area (Å²) < 4.78 is 0. The normalized spacial score (nSPS) is 0. The van der Waals surface area contributed by atoms with Crippen LogP contribution in [0.3, 0.4) is 0 Å². The second-order valence-electron chi connectivity index (χ2n) is 0. The summed E-state index contributed by atoms with van der Waals surface area (Å²) in [7, 11) is 0. The van der Waals surface area contributed by atoms with E-state index < -0.39 is 0 Å². The van der Waals surface area contributed by atoms with E-state index in [-0.39, 0.29) is 57.5 Å². The maximum Gasteiger partial charge on any atom is 0.316 e. The van der Waals surface area contributed by atoms with Crippen molar-refractivity contribution in [3.05, 3.63) is 0 Å². The minimum Gasteiger partial charge on any atom is -0.197 e. The van der Waals surface area contributed by atoms with Gasteiger partial charge in [0.25, 0.3) is 0 Å². The molecule has 4 heavy (non-hydrogen) atoms. The highest BCUT2D eigenvalue weighted by molar-refractivity contribution is 7.59. The summed E-state index contributed by atoms with van der Waals surface area (Å²) in [5.74, 6) is 0. The highest BCUT2D eigenvalue weighted by Crippen LogP contribution is 0.649. The van der Waals surface area contributed by atoms with Gasteiger partial charge >= 0.3 is 23.1 Å². The lowest BCUT2D eigenvalue weighted by Crippen LogP contribution is -0.381. The van der Waals surface area contributed by atoms with Crippen molar-refractivity contribution in [1.82, 2.24) is 0 Å². The van der Waals surface area contributed by atoms with Crippen molar-refractivity contribution in [2.75, 3.05) is 0 Å². The zero-order valence-corrected chi connectivity index (χ0v) is 3.00. The van der Waals surface area contributed by atoms with Gasteiger partial charge in [0.05, 0.1) is 0 Å². The van der Waals surface area contributed by atoms with Crippen LogP contribution in [0.5, 0.6) is 0 Å². The van der Waals surface area contributed by atoms with Crippen LogP contribution in [-0.2, 0) is 0 Å². The fourth-order valence-corrected chi connectivity index (χ4v) is 0. The third-order valence-electron chi connectivity index (χ3n) is 0. The van der Waals surface area contributed by atoms with Crippen molar-refractivity contribution in [2.45, 2.75) is 7.43 Å². The van der Waals surface area contributed by atoms with Gasteiger partial charge in [-0.1, -0.05) is 7.43 Å². The molecule has 0 aliphatic heterocycles. The molecule has 0 amide bonds. The second-order valence-corrected chi connectivity index (χ2v) is 0. The van der Waals surface area contributed by atoms with Crippen LogP contribution in [0.15, 0.2) is 0 Å². The maximum atomic E-state index is 0. The van der Waals surface area contributed by atoms with E-state index in [1.54, 1.807) is 0 Å². The first-order valence-electron chi connectivity index (χ1n) is 0. The van der Waals surface area contributed by atoms with Crippen molar-refractivity contribution in [3.8, 4) is 0 Å². The Balaban J connectivity index is 0. The van der Waals surface area contributed by atoms with Gasteiger partial charge in [-0.15, -0.1) is 0 Å². The Morgan fingerprint density at radius 2 is 0.750 bits per heavy atom. The number of hydrogen-bond acceptors (Lipinski definition) is 0. The van der Waals surface area contributed by atoms with E-state index in [1.807, 2.05) is 0 Å². The Kier molecular flexibility index (Phi) is 316. The molecule has 28 valence electrons. The quantitative estimate of drug-likeness (QED) is 0.384. The topological polar surface area (TPSA) is 0 Å². The minimum absolute atomic E-state index is 0. The first-order valence-corrected chi connectivity index (χ1v) is 0. The average Bonchev–Trinajstić information content (AvgIpc) is 0. The van der Waals surface area contributed by atoms with Gasteiger partial charge in [-0.2, -0.15) is 27.0 Å². The summed E-state index contributed by atoms with van der Waals surface area (Å²) in [6, 6.07) is 0. The molecule has 0 saturated heterocycles. The Labute approximate surface area is 57.4 Å². The molecular weight excluding hydrogens is 100 g/mol. The van der Waals surface area contributed by atoms with Crippen LogP contribution in [-0.4, -0.2) is 23.1 Å². The number of rotatable bonds is 0. The van der Waals surface area contributed by atoms with Gasteiger partial charge < -0.3 is 0 Å². The van der Waals surface area contributed by atoms with E-state index in [2.05, 4.69) is 0 Å². The lowest BCUT2D eigenvalue weighted by Gasteiger charge is -0.198. The van der Waals surface area contributed by atoms with Crippen molar-refractivity contribution in [2.24, 2.45) is 0 Å². The van der Waals surface area contributed by atoms with E-state index in [9.17, 15) is 0 Å². The maximum absolute atomic E-state index is 0. The summed E-state index contributed by atoms with van der Waals surface area (Å²) in [6.07, 6.45) is 0. The molecule has 0 fully saturated rings. The minimum atomic E-state index is 0. The van der Waals surface area contributed by atoms with E-state index in [0.29, 0.717) is 0 Å². The van der Waals surface area contributed by atoms with Crippen molar-refractivity contribution >= 4 is 50.0 Å². The summed E-state index contributed by atoms with van der Waals surface area (Å²) >= 11 is 0. The predicted octanol–water partition coefficient (Wildman–Crippen LogP) is -0.0545. The third kappa shape index (κ3) is 9.81. The molecule has 0 aliphatic carbocycles. The van der Waals surface area contributed by atoms with Gasteiger partial charge in [0.2, 0.25) is 0 Å². The molecule has 0 spiro atoms. The van der Waals surface area contributed by atoms with Crippen LogP contribution < -0.4 is 0 Å². The molecule has 0 bridgehead atoms. The molecule has 3 heteroatoms. The molecule has 0 aromatic carbocycles. The molecule has 0 aliphatic rings. The van der Waals surface area contributed by atoms with E-state index in [1.165, 1.54) is 0 Å². The Morgan fingerprint density at radius 1 is 0.750 bits per heavy atom. The zero-order chi connectivity index (χ0) is 0. The smallest absolute Gasteiger partial charge is 0.197 e. The highest BCUT2D eigenvalue weighted by Gasteiger charge is 0.316. The van der Waals surface area contributed by atoms with Crippen LogP contribution in [0.2, 0.25) is 0 Å². The summed E-state index contributed by atoms with van der Waals surface area (Å²) in [6.45, 7) is 0. The van der Waals surface area contributed by atoms with Crippen LogP contribution >= 0.6 is 27.0 Å². The van der Waals surface area contributed by atoms with Gasteiger partial charge in [-0.05, 0) is 0 Å². The largest absolute Gasteiger partial charge is 0.316 e. The Bertz CT molecular complexity index is 6.00. The molecule has 0 unspecified atom stereocenters. The molecule has 0 aromatic rings. The molecule has 0 N–H and O–H groups in total. The first-order chi connectivity index (χ1) is 0. The first kappa shape index (κ1) is 50.7. The van der Waals surface area contributed by atoms with Crippen molar-refractivity contribution in [3.63, 3.8) is 0 Å². The van der Waals surface area contributed by atoms with Gasteiger partial charge in [0.1, 0.15) is 0 Å². The molecule has 0 radical (unpaired) electrons. The third-order valence-corrected chi connectivity index (χ3v) is 0. The van der Waals surface area contributed by atoms with Gasteiger partial charge in [0, 0.05) is 0 Å². The second kappa shape index (κ2) is 25.0. The zero-order valence-electron chi connectivity index (χ0n) is 1.00. The molecule has 0 nitrogen and oxygen atoms in total. The molecular formula is CH10MgS2. The Morgan fingerprint density at radius 3 is 0.750 bits per heavy atom. The SMILES string of the molecule is C.S.S.[MgH2]. The van der Waals surface area contributed by atoms with Crippen LogP contribution in [0.4, 0.5) is 0 Å². The van der Waals surface area contributed by atoms with Crippen LogP contribution in [0.25, 0.3) is 0 Å². The lowest BCUT2D eigenvalue weighted by molar-refractivity contribution is 2.50. The van der Waals surface area contributed by atoms with Gasteiger partial charge in [-0.3, -0.25) is 0 Å². The van der Waals surface area contributed by atoms with Crippen molar-refractivity contribution < 1.29 is 0 Å². The van der Waals surface area contributed by atoms with E-state index in [0.717, 1.165) is 0 Å². The molecule has 0 atom stereocenters. The van der Waals surface area contributed by atoms with Crippen LogP contribution in [0, 0.1) is 0 Å². The monoisotopic (exact) mass is 110 g/mol. The van der Waals surface area contributed by atoms with Crippen LogP contribution in [0.1, 0.15) is 7.43 Å². The van der Waals surface area contributed by atoms with E-state index >= 15 is 0 Å². The standard InChI is InChI=1S/CH4.Mg.2H2S.2H/h1H4;;2*1H2;;. The average molecular weight is 111 g/mol. The van der Waals surface area contributed by atoms with E-state index in [4.69, 9.17) is 0 Å².